The Morgan fingerprint density at radius 1 is 1.18 bits per heavy atom. The summed E-state index contributed by atoms with van der Waals surface area (Å²) in [4.78, 5) is 10.7. The highest BCUT2D eigenvalue weighted by molar-refractivity contribution is 7.85. The van der Waals surface area contributed by atoms with Gasteiger partial charge in [0.25, 0.3) is 0 Å². The van der Waals surface area contributed by atoms with Gasteiger partial charge in [-0.05, 0) is 29.3 Å². The molecule has 0 heterocycles. The van der Waals surface area contributed by atoms with E-state index in [9.17, 15) is 4.79 Å². The molecule has 0 aliphatic rings. The number of aliphatic carboxylic acids is 1. The van der Waals surface area contributed by atoms with Crippen LogP contribution < -0.4 is 9.47 Å². The summed E-state index contributed by atoms with van der Waals surface area (Å²) in [6, 6.07) is 15.0. The van der Waals surface area contributed by atoms with Gasteiger partial charge < -0.3 is 14.6 Å². The first kappa shape index (κ1) is 16.0. The molecule has 0 atom stereocenters. The zero-order chi connectivity index (χ0) is 15.9. The second-order valence-corrected chi connectivity index (χ2v) is 5.00. The lowest BCUT2D eigenvalue weighted by molar-refractivity contribution is -0.131. The number of benzene rings is 2. The van der Waals surface area contributed by atoms with Crippen LogP contribution in [-0.2, 0) is 11.4 Å². The predicted molar refractivity (Wildman–Crippen MR) is 88.4 cm³/mol. The van der Waals surface area contributed by atoms with E-state index >= 15 is 0 Å². The van der Waals surface area contributed by atoms with Crippen LogP contribution in [0.1, 0.15) is 11.1 Å². The van der Waals surface area contributed by atoms with Crippen molar-refractivity contribution in [2.75, 3.05) is 7.11 Å². The summed E-state index contributed by atoms with van der Waals surface area (Å²) >= 11 is 3.90. The molecule has 5 heteroatoms. The number of carbonyl (C=O) groups is 1. The van der Waals surface area contributed by atoms with Gasteiger partial charge in [-0.3, -0.25) is 0 Å². The average molecular weight is 316 g/mol. The Kier molecular flexibility index (Phi) is 5.49. The number of carboxylic acid groups (broad SMARTS) is 1. The summed E-state index contributed by atoms with van der Waals surface area (Å²) in [6.45, 7) is 0.430. The zero-order valence-electron chi connectivity index (χ0n) is 12.0. The molecule has 0 saturated heterocycles. The van der Waals surface area contributed by atoms with Gasteiger partial charge in [0, 0.05) is 0 Å². The fourth-order valence-corrected chi connectivity index (χ4v) is 2.00. The van der Waals surface area contributed by atoms with Gasteiger partial charge in [-0.1, -0.05) is 36.4 Å². The summed E-state index contributed by atoms with van der Waals surface area (Å²) in [5.74, 6) is 0.0578. The summed E-state index contributed by atoms with van der Waals surface area (Å²) in [6.07, 6.45) is 1.45. The number of hydrogen-bond donors (Lipinski definition) is 2. The smallest absolute Gasteiger partial charge is 0.341 e. The minimum Gasteiger partial charge on any atom is -0.493 e. The van der Waals surface area contributed by atoms with Gasteiger partial charge in [-0.2, -0.15) is 0 Å². The normalized spacial score (nSPS) is 11.1. The van der Waals surface area contributed by atoms with Gasteiger partial charge in [0.15, 0.2) is 11.5 Å². The SMILES string of the molecule is COc1cc(/C=C(/S)C(=O)O)ccc1OCc1ccccc1. The Labute approximate surface area is 134 Å². The standard InChI is InChI=1S/C17H16O4S/c1-20-15-9-13(10-16(22)17(18)19)7-8-14(15)21-11-12-5-3-2-4-6-12/h2-10,22H,11H2,1H3,(H,18,19)/b16-10+. The van der Waals surface area contributed by atoms with Gasteiger partial charge in [0.2, 0.25) is 0 Å². The van der Waals surface area contributed by atoms with Crippen LogP contribution in [0.2, 0.25) is 0 Å². The molecule has 4 nitrogen and oxygen atoms in total. The molecule has 0 radical (unpaired) electrons. The van der Waals surface area contributed by atoms with Crippen molar-refractivity contribution in [1.29, 1.82) is 0 Å². The Balaban J connectivity index is 2.16. The van der Waals surface area contributed by atoms with E-state index in [0.717, 1.165) is 5.56 Å². The highest BCUT2D eigenvalue weighted by Gasteiger charge is 2.07. The van der Waals surface area contributed by atoms with Gasteiger partial charge in [-0.25, -0.2) is 4.79 Å². The molecule has 0 bridgehead atoms. The molecule has 0 aliphatic heterocycles. The van der Waals surface area contributed by atoms with Gasteiger partial charge in [0.05, 0.1) is 12.0 Å². The van der Waals surface area contributed by atoms with Crippen LogP contribution in [0.25, 0.3) is 6.08 Å². The molecule has 0 aromatic heterocycles. The zero-order valence-corrected chi connectivity index (χ0v) is 12.9. The van der Waals surface area contributed by atoms with E-state index in [1.807, 2.05) is 30.3 Å². The minimum absolute atomic E-state index is 0.0417. The summed E-state index contributed by atoms with van der Waals surface area (Å²) < 4.78 is 11.0. The molecule has 0 saturated carbocycles. The van der Waals surface area contributed by atoms with Crippen LogP contribution in [0, 0.1) is 0 Å². The van der Waals surface area contributed by atoms with E-state index < -0.39 is 5.97 Å². The number of hydrogen-bond acceptors (Lipinski definition) is 4. The van der Waals surface area contributed by atoms with E-state index in [-0.39, 0.29) is 4.91 Å². The fraction of sp³-hybridized carbons (Fsp3) is 0.118. The molecule has 0 spiro atoms. The number of carboxylic acids is 1. The summed E-state index contributed by atoms with van der Waals surface area (Å²) in [7, 11) is 1.54. The minimum atomic E-state index is -1.08. The number of ether oxygens (including phenoxy) is 2. The second kappa shape index (κ2) is 7.56. The van der Waals surface area contributed by atoms with Gasteiger partial charge in [0.1, 0.15) is 6.61 Å². The second-order valence-electron chi connectivity index (χ2n) is 4.52. The molecular weight excluding hydrogens is 300 g/mol. The Hall–Kier alpha value is -2.40. The Bertz CT molecular complexity index is 680. The van der Waals surface area contributed by atoms with Crippen LogP contribution in [0.15, 0.2) is 53.4 Å². The first-order valence-electron chi connectivity index (χ1n) is 6.59. The summed E-state index contributed by atoms with van der Waals surface area (Å²) in [5.41, 5.74) is 1.73. The van der Waals surface area contributed by atoms with Gasteiger partial charge in [-0.15, -0.1) is 12.6 Å². The van der Waals surface area contributed by atoms with Crippen LogP contribution in [-0.4, -0.2) is 18.2 Å². The quantitative estimate of drug-likeness (QED) is 0.631. The lowest BCUT2D eigenvalue weighted by Crippen LogP contribution is -1.98. The van der Waals surface area contributed by atoms with Crippen LogP contribution in [0.4, 0.5) is 0 Å². The number of thiol groups is 1. The molecule has 1 N–H and O–H groups in total. The first-order chi connectivity index (χ1) is 10.6. The monoisotopic (exact) mass is 316 g/mol. The largest absolute Gasteiger partial charge is 0.493 e. The predicted octanol–water partition coefficient (Wildman–Crippen LogP) is 3.63. The van der Waals surface area contributed by atoms with Crippen molar-refractivity contribution in [3.63, 3.8) is 0 Å². The fourth-order valence-electron chi connectivity index (χ4n) is 1.85. The van der Waals surface area contributed by atoms with Gasteiger partial charge >= 0.3 is 5.97 Å². The van der Waals surface area contributed by atoms with E-state index in [1.165, 1.54) is 13.2 Å². The van der Waals surface area contributed by atoms with E-state index in [0.29, 0.717) is 23.7 Å². The first-order valence-corrected chi connectivity index (χ1v) is 7.03. The molecule has 0 amide bonds. The molecule has 2 aromatic rings. The third-order valence-corrected chi connectivity index (χ3v) is 3.27. The van der Waals surface area contributed by atoms with Crippen molar-refractivity contribution in [2.45, 2.75) is 6.61 Å². The Morgan fingerprint density at radius 2 is 1.91 bits per heavy atom. The highest BCUT2D eigenvalue weighted by atomic mass is 32.1. The maximum atomic E-state index is 10.8. The number of methoxy groups -OCH3 is 1. The average Bonchev–Trinajstić information content (AvgIpc) is 2.54. The van der Waals surface area contributed by atoms with Crippen LogP contribution in [0.3, 0.4) is 0 Å². The molecule has 114 valence electrons. The topological polar surface area (TPSA) is 55.8 Å². The molecular formula is C17H16O4S. The van der Waals surface area contributed by atoms with Crippen molar-refractivity contribution in [1.82, 2.24) is 0 Å². The molecule has 0 fully saturated rings. The number of rotatable bonds is 6. The van der Waals surface area contributed by atoms with Crippen molar-refractivity contribution in [3.05, 3.63) is 64.6 Å². The summed E-state index contributed by atoms with van der Waals surface area (Å²) in [5, 5.41) is 8.83. The van der Waals surface area contributed by atoms with Crippen molar-refractivity contribution >= 4 is 24.7 Å². The van der Waals surface area contributed by atoms with E-state index in [2.05, 4.69) is 12.6 Å². The highest BCUT2D eigenvalue weighted by Crippen LogP contribution is 2.29. The van der Waals surface area contributed by atoms with Crippen LogP contribution >= 0.6 is 12.6 Å². The van der Waals surface area contributed by atoms with E-state index in [1.54, 1.807) is 18.2 Å². The van der Waals surface area contributed by atoms with Crippen molar-refractivity contribution in [2.24, 2.45) is 0 Å². The maximum absolute atomic E-state index is 10.8. The third-order valence-electron chi connectivity index (χ3n) is 2.95. The molecule has 0 aliphatic carbocycles. The maximum Gasteiger partial charge on any atom is 0.341 e. The molecule has 0 unspecified atom stereocenters. The lowest BCUT2D eigenvalue weighted by atomic mass is 10.2. The van der Waals surface area contributed by atoms with E-state index in [4.69, 9.17) is 14.6 Å². The lowest BCUT2D eigenvalue weighted by Gasteiger charge is -2.11. The van der Waals surface area contributed by atoms with Crippen molar-refractivity contribution < 1.29 is 19.4 Å². The third kappa shape index (κ3) is 4.30. The Morgan fingerprint density at radius 3 is 2.55 bits per heavy atom. The molecule has 22 heavy (non-hydrogen) atoms. The molecule has 2 aromatic carbocycles. The molecule has 2 rings (SSSR count). The van der Waals surface area contributed by atoms with Crippen molar-refractivity contribution in [3.8, 4) is 11.5 Å². The van der Waals surface area contributed by atoms with Crippen LogP contribution in [0.5, 0.6) is 11.5 Å².